The fraction of sp³-hybridized carbons (Fsp3) is 0.238. The Hall–Kier alpha value is -1.38. The topological polar surface area (TPSA) is 0 Å². The zero-order valence-corrected chi connectivity index (χ0v) is 15.3. The SMILES string of the molecule is C=C\C=C1C(=C)c2cccc(CS)c2/C(C)=C2/CCC/C2=C/1S. The van der Waals surface area contributed by atoms with Gasteiger partial charge in [0.1, 0.15) is 0 Å². The lowest BCUT2D eigenvalue weighted by Crippen LogP contribution is -2.04. The van der Waals surface area contributed by atoms with Gasteiger partial charge in [-0.3, -0.25) is 0 Å². The maximum absolute atomic E-state index is 4.88. The summed E-state index contributed by atoms with van der Waals surface area (Å²) >= 11 is 9.42. The molecule has 23 heavy (non-hydrogen) atoms. The molecule has 0 nitrogen and oxygen atoms in total. The average molecular weight is 339 g/mol. The predicted octanol–water partition coefficient (Wildman–Crippen LogP) is 6.40. The van der Waals surface area contributed by atoms with Crippen molar-refractivity contribution in [3.05, 3.63) is 81.8 Å². The molecule has 1 aromatic carbocycles. The predicted molar refractivity (Wildman–Crippen MR) is 109 cm³/mol. The van der Waals surface area contributed by atoms with Crippen LogP contribution in [0.1, 0.15) is 42.9 Å². The Bertz CT molecular complexity index is 788. The van der Waals surface area contributed by atoms with Crippen LogP contribution >= 0.6 is 25.3 Å². The van der Waals surface area contributed by atoms with Crippen LogP contribution in [0.4, 0.5) is 0 Å². The van der Waals surface area contributed by atoms with E-state index >= 15 is 0 Å². The summed E-state index contributed by atoms with van der Waals surface area (Å²) in [4.78, 5) is 1.06. The van der Waals surface area contributed by atoms with E-state index in [4.69, 9.17) is 12.6 Å². The van der Waals surface area contributed by atoms with Gasteiger partial charge in [0, 0.05) is 10.7 Å². The van der Waals surface area contributed by atoms with Crippen molar-refractivity contribution in [1.82, 2.24) is 0 Å². The van der Waals surface area contributed by atoms with E-state index in [1.807, 2.05) is 12.2 Å². The van der Waals surface area contributed by atoms with Crippen LogP contribution in [0.5, 0.6) is 0 Å². The Kier molecular flexibility index (Phi) is 4.74. The maximum Gasteiger partial charge on any atom is 0.0160 e. The second-order valence-electron chi connectivity index (χ2n) is 6.08. The number of fused-ring (bicyclic) bond motifs is 2. The third-order valence-electron chi connectivity index (χ3n) is 4.84. The van der Waals surface area contributed by atoms with Gasteiger partial charge in [-0.25, -0.2) is 0 Å². The van der Waals surface area contributed by atoms with Gasteiger partial charge >= 0.3 is 0 Å². The minimum Gasteiger partial charge on any atom is -0.175 e. The Labute approximate surface area is 150 Å². The van der Waals surface area contributed by atoms with Crippen LogP contribution in [0.15, 0.2) is 65.1 Å². The van der Waals surface area contributed by atoms with Gasteiger partial charge in [0.25, 0.3) is 0 Å². The molecule has 0 spiro atoms. The first-order valence-corrected chi connectivity index (χ1v) is 9.06. The van der Waals surface area contributed by atoms with Gasteiger partial charge in [0.15, 0.2) is 0 Å². The van der Waals surface area contributed by atoms with E-state index in [0.29, 0.717) is 0 Å². The zero-order chi connectivity index (χ0) is 16.6. The van der Waals surface area contributed by atoms with Crippen molar-refractivity contribution in [1.29, 1.82) is 0 Å². The molecule has 0 radical (unpaired) electrons. The average Bonchev–Trinajstić information content (AvgIpc) is 3.06. The highest BCUT2D eigenvalue weighted by Gasteiger charge is 2.27. The van der Waals surface area contributed by atoms with Crippen LogP contribution in [-0.2, 0) is 5.75 Å². The van der Waals surface area contributed by atoms with Crippen molar-refractivity contribution in [3.63, 3.8) is 0 Å². The second-order valence-corrected chi connectivity index (χ2v) is 6.84. The largest absolute Gasteiger partial charge is 0.175 e. The fourth-order valence-electron chi connectivity index (χ4n) is 3.74. The number of hydrogen-bond donors (Lipinski definition) is 2. The molecule has 0 amide bonds. The standard InChI is InChI=1S/C21H22S2/c1-4-7-18-13(2)17-10-5-8-15(12-22)20(17)14(3)16-9-6-11-19(16)21(18)23/h4-5,7-8,10,22-23H,1-2,6,9,11-12H2,3H3/b16-14-,18-7+,21-19+. The Morgan fingerprint density at radius 1 is 1.22 bits per heavy atom. The highest BCUT2D eigenvalue weighted by molar-refractivity contribution is 7.84. The van der Waals surface area contributed by atoms with Gasteiger partial charge in [0.05, 0.1) is 0 Å². The Morgan fingerprint density at radius 3 is 2.65 bits per heavy atom. The van der Waals surface area contributed by atoms with E-state index in [0.717, 1.165) is 34.6 Å². The van der Waals surface area contributed by atoms with Crippen LogP contribution in [0, 0.1) is 0 Å². The summed E-state index contributed by atoms with van der Waals surface area (Å²) in [5.41, 5.74) is 10.1. The van der Waals surface area contributed by atoms with Crippen molar-refractivity contribution in [2.45, 2.75) is 31.9 Å². The lowest BCUT2D eigenvalue weighted by atomic mass is 9.82. The zero-order valence-electron chi connectivity index (χ0n) is 13.5. The van der Waals surface area contributed by atoms with E-state index in [-0.39, 0.29) is 0 Å². The number of benzene rings is 1. The van der Waals surface area contributed by atoms with Crippen molar-refractivity contribution in [3.8, 4) is 0 Å². The van der Waals surface area contributed by atoms with Crippen LogP contribution in [-0.4, -0.2) is 0 Å². The van der Waals surface area contributed by atoms with Gasteiger partial charge in [-0.05, 0) is 70.7 Å². The molecular weight excluding hydrogens is 316 g/mol. The first-order valence-electron chi connectivity index (χ1n) is 7.98. The molecule has 0 N–H and O–H groups in total. The molecule has 118 valence electrons. The minimum atomic E-state index is 0.731. The summed E-state index contributed by atoms with van der Waals surface area (Å²) in [6.45, 7) is 10.5. The monoisotopic (exact) mass is 338 g/mol. The van der Waals surface area contributed by atoms with Gasteiger partial charge in [-0.15, -0.1) is 12.6 Å². The molecule has 0 atom stereocenters. The summed E-state index contributed by atoms with van der Waals surface area (Å²) in [7, 11) is 0. The van der Waals surface area contributed by atoms with Crippen LogP contribution in [0.3, 0.4) is 0 Å². The lowest BCUT2D eigenvalue weighted by molar-refractivity contribution is 0.932. The number of rotatable bonds is 2. The summed E-state index contributed by atoms with van der Waals surface area (Å²) in [5, 5.41) is 0. The highest BCUT2D eigenvalue weighted by atomic mass is 32.1. The van der Waals surface area contributed by atoms with Crippen LogP contribution in [0.2, 0.25) is 0 Å². The van der Waals surface area contributed by atoms with E-state index in [1.54, 1.807) is 0 Å². The molecule has 0 unspecified atom stereocenters. The third-order valence-corrected chi connectivity index (χ3v) is 5.69. The summed E-state index contributed by atoms with van der Waals surface area (Å²) in [6.07, 6.45) is 7.26. The molecule has 2 aliphatic carbocycles. The van der Waals surface area contributed by atoms with E-state index < -0.39 is 0 Å². The lowest BCUT2D eigenvalue weighted by Gasteiger charge is -2.24. The van der Waals surface area contributed by atoms with Crippen LogP contribution in [0.25, 0.3) is 11.1 Å². The maximum atomic E-state index is 4.88. The normalized spacial score (nSPS) is 25.9. The molecule has 0 aromatic heterocycles. The smallest absolute Gasteiger partial charge is 0.0160 e. The molecule has 2 heteroatoms. The fourth-order valence-corrected chi connectivity index (χ4v) is 4.46. The molecule has 0 saturated heterocycles. The van der Waals surface area contributed by atoms with Gasteiger partial charge in [0.2, 0.25) is 0 Å². The van der Waals surface area contributed by atoms with E-state index in [2.05, 4.69) is 50.9 Å². The summed E-state index contributed by atoms with van der Waals surface area (Å²) in [5.74, 6) is 0.731. The third kappa shape index (κ3) is 2.68. The van der Waals surface area contributed by atoms with Crippen molar-refractivity contribution >= 4 is 36.4 Å². The summed E-state index contributed by atoms with van der Waals surface area (Å²) < 4.78 is 0. The van der Waals surface area contributed by atoms with Crippen molar-refractivity contribution in [2.75, 3.05) is 0 Å². The van der Waals surface area contributed by atoms with E-state index in [1.165, 1.54) is 39.8 Å². The second kappa shape index (κ2) is 6.62. The van der Waals surface area contributed by atoms with Crippen LogP contribution < -0.4 is 0 Å². The molecule has 3 rings (SSSR count). The highest BCUT2D eigenvalue weighted by Crippen LogP contribution is 2.47. The van der Waals surface area contributed by atoms with Gasteiger partial charge in [-0.2, -0.15) is 12.6 Å². The van der Waals surface area contributed by atoms with E-state index in [9.17, 15) is 0 Å². The first-order chi connectivity index (χ1) is 11.1. The summed E-state index contributed by atoms with van der Waals surface area (Å²) in [6, 6.07) is 6.42. The number of thiol groups is 2. The molecule has 1 saturated carbocycles. The molecule has 0 bridgehead atoms. The molecule has 1 aromatic rings. The Morgan fingerprint density at radius 2 is 1.96 bits per heavy atom. The quantitative estimate of drug-likeness (QED) is 0.573. The van der Waals surface area contributed by atoms with Crippen molar-refractivity contribution < 1.29 is 0 Å². The molecule has 1 fully saturated rings. The molecule has 2 aliphatic rings. The minimum absolute atomic E-state index is 0.731. The molecule has 0 heterocycles. The Balaban J connectivity index is 2.43. The number of allylic oxidation sites excluding steroid dienone is 7. The van der Waals surface area contributed by atoms with Gasteiger partial charge in [-0.1, -0.05) is 43.5 Å². The number of hydrogen-bond acceptors (Lipinski definition) is 2. The van der Waals surface area contributed by atoms with Gasteiger partial charge < -0.3 is 0 Å². The first kappa shape index (κ1) is 16.5. The molecular formula is C21H22S2. The molecule has 0 aliphatic heterocycles. The van der Waals surface area contributed by atoms with Crippen molar-refractivity contribution in [2.24, 2.45) is 0 Å².